The number of amides is 2. The first-order valence-electron chi connectivity index (χ1n) is 7.02. The molecular formula is C15H18BrN3O2S. The highest BCUT2D eigenvalue weighted by Crippen LogP contribution is 2.13. The van der Waals surface area contributed by atoms with E-state index in [9.17, 15) is 9.59 Å². The van der Waals surface area contributed by atoms with E-state index in [2.05, 4.69) is 31.6 Å². The number of carbonyl (C=O) groups is 2. The quantitative estimate of drug-likeness (QED) is 0.838. The minimum atomic E-state index is -0.597. The van der Waals surface area contributed by atoms with Crippen LogP contribution in [0.1, 0.15) is 24.2 Å². The zero-order valence-electron chi connectivity index (χ0n) is 12.4. The molecule has 1 aromatic carbocycles. The number of rotatable bonds is 4. The minimum Gasteiger partial charge on any atom is -0.340 e. The van der Waals surface area contributed by atoms with Gasteiger partial charge in [-0.05, 0) is 30.2 Å². The second-order valence-electron chi connectivity index (χ2n) is 5.23. The van der Waals surface area contributed by atoms with Crippen molar-refractivity contribution in [3.05, 3.63) is 34.3 Å². The van der Waals surface area contributed by atoms with E-state index in [1.165, 1.54) is 11.8 Å². The highest BCUT2D eigenvalue weighted by Gasteiger charge is 2.26. The highest BCUT2D eigenvalue weighted by atomic mass is 79.9. The van der Waals surface area contributed by atoms with Gasteiger partial charge in [-0.25, -0.2) is 0 Å². The van der Waals surface area contributed by atoms with Crippen LogP contribution < -0.4 is 10.6 Å². The van der Waals surface area contributed by atoms with Gasteiger partial charge in [-0.3, -0.25) is 14.6 Å². The Bertz CT molecular complexity index is 587. The van der Waals surface area contributed by atoms with Crippen LogP contribution in [0.15, 0.2) is 33.7 Å². The Balaban J connectivity index is 2.02. The number of benzene rings is 1. The van der Waals surface area contributed by atoms with Crippen LogP contribution in [0, 0.1) is 5.92 Å². The van der Waals surface area contributed by atoms with Crippen LogP contribution in [0.5, 0.6) is 0 Å². The van der Waals surface area contributed by atoms with Crippen LogP contribution >= 0.6 is 27.7 Å². The number of nitrogens with zero attached hydrogens (tertiary/aromatic N) is 1. The predicted molar refractivity (Wildman–Crippen MR) is 93.1 cm³/mol. The number of thioether (sulfide) groups is 1. The molecule has 0 radical (unpaired) electrons. The average Bonchev–Trinajstić information content (AvgIpc) is 2.97. The second-order valence-corrected chi connectivity index (χ2v) is 7.23. The number of hydrogen-bond donors (Lipinski definition) is 2. The normalized spacial score (nSPS) is 15.4. The zero-order chi connectivity index (χ0) is 16.1. The van der Waals surface area contributed by atoms with Crippen molar-refractivity contribution in [3.8, 4) is 0 Å². The third-order valence-corrected chi connectivity index (χ3v) is 4.58. The van der Waals surface area contributed by atoms with Crippen LogP contribution in [-0.2, 0) is 4.79 Å². The molecule has 1 heterocycles. The molecule has 2 rings (SSSR count). The third-order valence-electron chi connectivity index (χ3n) is 3.16. The fraction of sp³-hybridized carbons (Fsp3) is 0.400. The highest BCUT2D eigenvalue weighted by molar-refractivity contribution is 9.10. The Morgan fingerprint density at radius 1 is 1.27 bits per heavy atom. The molecular weight excluding hydrogens is 366 g/mol. The molecule has 118 valence electrons. The first-order chi connectivity index (χ1) is 10.5. The lowest BCUT2D eigenvalue weighted by atomic mass is 10.0. The number of halogens is 1. The van der Waals surface area contributed by atoms with Gasteiger partial charge in [-0.15, -0.1) is 0 Å². The Morgan fingerprint density at radius 3 is 2.50 bits per heavy atom. The molecule has 0 spiro atoms. The van der Waals surface area contributed by atoms with E-state index < -0.39 is 6.04 Å². The van der Waals surface area contributed by atoms with Crippen LogP contribution in [0.25, 0.3) is 0 Å². The van der Waals surface area contributed by atoms with E-state index in [-0.39, 0.29) is 17.7 Å². The lowest BCUT2D eigenvalue weighted by Crippen LogP contribution is -2.50. The number of nitrogens with one attached hydrogen (secondary N) is 2. The topological polar surface area (TPSA) is 70.6 Å². The molecule has 1 aliphatic heterocycles. The van der Waals surface area contributed by atoms with Crippen molar-refractivity contribution >= 4 is 44.7 Å². The molecule has 1 atom stereocenters. The molecule has 0 saturated heterocycles. The van der Waals surface area contributed by atoms with E-state index in [4.69, 9.17) is 0 Å². The lowest BCUT2D eigenvalue weighted by molar-refractivity contribution is -0.122. The van der Waals surface area contributed by atoms with Crippen molar-refractivity contribution in [2.75, 3.05) is 12.3 Å². The number of hydrogen-bond acceptors (Lipinski definition) is 4. The average molecular weight is 384 g/mol. The summed E-state index contributed by atoms with van der Waals surface area (Å²) in [5.74, 6) is 0.370. The first-order valence-corrected chi connectivity index (χ1v) is 8.80. The van der Waals surface area contributed by atoms with E-state index >= 15 is 0 Å². The predicted octanol–water partition coefficient (Wildman–Crippen LogP) is 2.42. The maximum Gasteiger partial charge on any atom is 0.251 e. The maximum atomic E-state index is 12.3. The summed E-state index contributed by atoms with van der Waals surface area (Å²) >= 11 is 4.85. The summed E-state index contributed by atoms with van der Waals surface area (Å²) in [5, 5.41) is 6.21. The molecule has 7 heteroatoms. The molecule has 1 aromatic rings. The fourth-order valence-corrected chi connectivity index (χ4v) is 2.95. The standard InChI is InChI=1S/C15H18BrN3O2S/c1-9(2)12(14(21)19-15-17-7-8-22-15)18-13(20)10-3-5-11(16)6-4-10/h3-6,9,12H,7-8H2,1-2H3,(H,18,20)(H,17,19,21)/t12-/m0/s1. The molecule has 22 heavy (non-hydrogen) atoms. The summed E-state index contributed by atoms with van der Waals surface area (Å²) in [6.45, 7) is 4.52. The van der Waals surface area contributed by atoms with Gasteiger partial charge in [0.05, 0.1) is 6.54 Å². The van der Waals surface area contributed by atoms with Crippen LogP contribution in [0.4, 0.5) is 0 Å². The van der Waals surface area contributed by atoms with E-state index in [1.807, 2.05) is 13.8 Å². The van der Waals surface area contributed by atoms with Crippen molar-refractivity contribution < 1.29 is 9.59 Å². The SMILES string of the molecule is CC(C)[C@H](NC(=O)c1ccc(Br)cc1)C(=O)NC1=NCCS1. The van der Waals surface area contributed by atoms with E-state index in [1.54, 1.807) is 24.3 Å². The van der Waals surface area contributed by atoms with Crippen molar-refractivity contribution in [2.24, 2.45) is 10.9 Å². The summed E-state index contributed by atoms with van der Waals surface area (Å²) in [6.07, 6.45) is 0. The van der Waals surface area contributed by atoms with Gasteiger partial charge in [-0.2, -0.15) is 0 Å². The smallest absolute Gasteiger partial charge is 0.251 e. The molecule has 5 nitrogen and oxygen atoms in total. The second kappa shape index (κ2) is 7.78. The van der Waals surface area contributed by atoms with Crippen LogP contribution in [0.2, 0.25) is 0 Å². The van der Waals surface area contributed by atoms with Gasteiger partial charge in [0.25, 0.3) is 5.91 Å². The van der Waals surface area contributed by atoms with E-state index in [0.717, 1.165) is 16.8 Å². The summed E-state index contributed by atoms with van der Waals surface area (Å²) in [4.78, 5) is 28.8. The lowest BCUT2D eigenvalue weighted by Gasteiger charge is -2.21. The zero-order valence-corrected chi connectivity index (χ0v) is 14.8. The molecule has 0 aliphatic carbocycles. The van der Waals surface area contributed by atoms with Crippen molar-refractivity contribution in [1.29, 1.82) is 0 Å². The van der Waals surface area contributed by atoms with E-state index in [0.29, 0.717) is 10.7 Å². The Kier molecular flexibility index (Phi) is 6.02. The summed E-state index contributed by atoms with van der Waals surface area (Å²) < 4.78 is 0.901. The van der Waals surface area contributed by atoms with Crippen LogP contribution in [-0.4, -0.2) is 35.3 Å². The van der Waals surface area contributed by atoms with Gasteiger partial charge >= 0.3 is 0 Å². The molecule has 2 N–H and O–H groups in total. The number of aliphatic imine (C=N–C) groups is 1. The monoisotopic (exact) mass is 383 g/mol. The largest absolute Gasteiger partial charge is 0.340 e. The summed E-state index contributed by atoms with van der Waals surface area (Å²) in [5.41, 5.74) is 0.522. The maximum absolute atomic E-state index is 12.3. The van der Waals surface area contributed by atoms with Crippen molar-refractivity contribution in [1.82, 2.24) is 10.6 Å². The summed E-state index contributed by atoms with van der Waals surface area (Å²) in [7, 11) is 0. The molecule has 1 aliphatic rings. The van der Waals surface area contributed by atoms with Gasteiger partial charge < -0.3 is 10.6 Å². The minimum absolute atomic E-state index is 0.0219. The van der Waals surface area contributed by atoms with Gasteiger partial charge in [0.2, 0.25) is 5.91 Å². The molecule has 0 unspecified atom stereocenters. The van der Waals surface area contributed by atoms with Gasteiger partial charge in [0.1, 0.15) is 6.04 Å². The first kappa shape index (κ1) is 17.0. The van der Waals surface area contributed by atoms with Gasteiger partial charge in [-0.1, -0.05) is 41.5 Å². The number of amidine groups is 1. The molecule has 0 bridgehead atoms. The third kappa shape index (κ3) is 4.58. The van der Waals surface area contributed by atoms with Gasteiger partial charge in [0.15, 0.2) is 5.17 Å². The fourth-order valence-electron chi connectivity index (χ4n) is 1.95. The Labute approximate surface area is 142 Å². The van der Waals surface area contributed by atoms with Crippen molar-refractivity contribution in [2.45, 2.75) is 19.9 Å². The Morgan fingerprint density at radius 2 is 1.95 bits per heavy atom. The van der Waals surface area contributed by atoms with Gasteiger partial charge in [0, 0.05) is 15.8 Å². The number of carbonyl (C=O) groups excluding carboxylic acids is 2. The summed E-state index contributed by atoms with van der Waals surface area (Å²) in [6, 6.07) is 6.42. The molecule has 0 saturated carbocycles. The van der Waals surface area contributed by atoms with Crippen LogP contribution in [0.3, 0.4) is 0 Å². The molecule has 0 aromatic heterocycles. The Hall–Kier alpha value is -1.34. The molecule has 2 amide bonds. The van der Waals surface area contributed by atoms with Crippen molar-refractivity contribution in [3.63, 3.8) is 0 Å². The molecule has 0 fully saturated rings.